The third-order valence-corrected chi connectivity index (χ3v) is 6.31. The molecule has 2 heterocycles. The molecule has 2 aromatic carbocycles. The van der Waals surface area contributed by atoms with Gasteiger partial charge in [-0.05, 0) is 61.1 Å². The van der Waals surface area contributed by atoms with Crippen LogP contribution < -0.4 is 10.6 Å². The molecular weight excluding hydrogens is 292 g/mol. The van der Waals surface area contributed by atoms with Gasteiger partial charge in [-0.25, -0.2) is 0 Å². The zero-order chi connectivity index (χ0) is 17.0. The van der Waals surface area contributed by atoms with Crippen LogP contribution in [-0.4, -0.2) is 12.1 Å². The number of anilines is 2. The first-order valence-electron chi connectivity index (χ1n) is 9.24. The van der Waals surface area contributed by atoms with Crippen molar-refractivity contribution < 1.29 is 0 Å². The summed E-state index contributed by atoms with van der Waals surface area (Å²) in [7, 11) is 0. The van der Waals surface area contributed by atoms with Gasteiger partial charge in [-0.1, -0.05) is 38.1 Å². The second kappa shape index (κ2) is 5.54. The van der Waals surface area contributed by atoms with E-state index < -0.39 is 0 Å². The number of fused-ring (bicyclic) bond motifs is 2. The Labute approximate surface area is 145 Å². The summed E-state index contributed by atoms with van der Waals surface area (Å²) in [6.07, 6.45) is 0.999. The number of hydrogen-bond acceptors (Lipinski definition) is 2. The van der Waals surface area contributed by atoms with Crippen LogP contribution in [0.3, 0.4) is 0 Å². The molecule has 2 nitrogen and oxygen atoms in total. The summed E-state index contributed by atoms with van der Waals surface area (Å²) < 4.78 is 0. The molecular formula is C22H28N2. The largest absolute Gasteiger partial charge is 0.382 e. The molecule has 0 fully saturated rings. The molecule has 0 aliphatic carbocycles. The predicted molar refractivity (Wildman–Crippen MR) is 103 cm³/mol. The minimum atomic E-state index is 0.519. The van der Waals surface area contributed by atoms with E-state index in [1.807, 2.05) is 0 Å². The van der Waals surface area contributed by atoms with Gasteiger partial charge in [-0.3, -0.25) is 0 Å². The van der Waals surface area contributed by atoms with Crippen LogP contribution in [0.1, 0.15) is 67.3 Å². The van der Waals surface area contributed by atoms with E-state index in [1.54, 1.807) is 0 Å². The van der Waals surface area contributed by atoms with E-state index in [2.05, 4.69) is 75.6 Å². The standard InChI is InChI=1S/C22H28N2/c1-12-9-20-14(3)15(4)23-21(20)11-18(12)10-17-7-6-8-19-13(2)16(5)24-22(17)19/h6-9,11,13-16,23-24H,10H2,1-5H3/t13-,14+,15-,16+/m0/s1. The molecule has 0 saturated carbocycles. The summed E-state index contributed by atoms with van der Waals surface area (Å²) in [5.41, 5.74) is 9.91. The van der Waals surface area contributed by atoms with Crippen molar-refractivity contribution in [3.05, 3.63) is 58.1 Å². The molecule has 4 atom stereocenters. The fourth-order valence-corrected chi connectivity index (χ4v) is 4.26. The van der Waals surface area contributed by atoms with Crippen molar-refractivity contribution in [3.63, 3.8) is 0 Å². The maximum absolute atomic E-state index is 3.71. The van der Waals surface area contributed by atoms with Gasteiger partial charge in [-0.2, -0.15) is 0 Å². The smallest absolute Gasteiger partial charge is 0.0414 e. The van der Waals surface area contributed by atoms with Crippen molar-refractivity contribution in [1.29, 1.82) is 0 Å². The summed E-state index contributed by atoms with van der Waals surface area (Å²) in [4.78, 5) is 0. The van der Waals surface area contributed by atoms with E-state index in [0.717, 1.165) is 6.42 Å². The van der Waals surface area contributed by atoms with Crippen LogP contribution in [0.5, 0.6) is 0 Å². The monoisotopic (exact) mass is 320 g/mol. The Hall–Kier alpha value is -1.96. The minimum absolute atomic E-state index is 0.519. The normalized spacial score (nSPS) is 27.4. The molecule has 2 aliphatic rings. The molecule has 0 amide bonds. The lowest BCUT2D eigenvalue weighted by Crippen LogP contribution is -2.13. The van der Waals surface area contributed by atoms with Crippen LogP contribution in [0, 0.1) is 6.92 Å². The molecule has 0 radical (unpaired) electrons. The second-order valence-corrected chi connectivity index (χ2v) is 7.87. The van der Waals surface area contributed by atoms with Crippen LogP contribution >= 0.6 is 0 Å². The van der Waals surface area contributed by atoms with Gasteiger partial charge in [0.05, 0.1) is 0 Å². The van der Waals surface area contributed by atoms with Crippen LogP contribution in [-0.2, 0) is 6.42 Å². The first-order chi connectivity index (χ1) is 11.5. The van der Waals surface area contributed by atoms with Gasteiger partial charge < -0.3 is 10.6 Å². The number of benzene rings is 2. The van der Waals surface area contributed by atoms with Crippen molar-refractivity contribution in [3.8, 4) is 0 Å². The Bertz CT molecular complexity index is 793. The molecule has 0 spiro atoms. The predicted octanol–water partition coefficient (Wildman–Crippen LogP) is 5.42. The average Bonchev–Trinajstić information content (AvgIpc) is 2.99. The van der Waals surface area contributed by atoms with Crippen molar-refractivity contribution >= 4 is 11.4 Å². The SMILES string of the molecule is Cc1cc2c(cc1Cc1cccc3c1N[C@H](C)[C@@H]3C)N[C@@H](C)[C@H]2C. The van der Waals surface area contributed by atoms with Gasteiger partial charge in [0, 0.05) is 35.3 Å². The molecule has 2 aromatic rings. The maximum atomic E-state index is 3.71. The molecule has 2 N–H and O–H groups in total. The molecule has 24 heavy (non-hydrogen) atoms. The second-order valence-electron chi connectivity index (χ2n) is 7.87. The number of rotatable bonds is 2. The molecule has 2 heteroatoms. The van der Waals surface area contributed by atoms with Crippen LogP contribution in [0.4, 0.5) is 11.4 Å². The van der Waals surface area contributed by atoms with E-state index in [0.29, 0.717) is 23.9 Å². The highest BCUT2D eigenvalue weighted by Crippen LogP contribution is 2.41. The molecule has 2 aliphatic heterocycles. The number of para-hydroxylation sites is 1. The fraction of sp³-hybridized carbons (Fsp3) is 0.455. The Balaban J connectivity index is 1.70. The highest BCUT2D eigenvalue weighted by Gasteiger charge is 2.28. The molecule has 0 saturated heterocycles. The van der Waals surface area contributed by atoms with E-state index in [1.165, 1.54) is 39.2 Å². The lowest BCUT2D eigenvalue weighted by atomic mass is 9.91. The zero-order valence-corrected chi connectivity index (χ0v) is 15.4. The number of aryl methyl sites for hydroxylation is 1. The van der Waals surface area contributed by atoms with Gasteiger partial charge >= 0.3 is 0 Å². The van der Waals surface area contributed by atoms with Crippen molar-refractivity contribution in [2.75, 3.05) is 10.6 Å². The Morgan fingerprint density at radius 1 is 0.833 bits per heavy atom. The third-order valence-electron chi connectivity index (χ3n) is 6.31. The highest BCUT2D eigenvalue weighted by molar-refractivity contribution is 5.67. The lowest BCUT2D eigenvalue weighted by molar-refractivity contribution is 0.690. The lowest BCUT2D eigenvalue weighted by Gasteiger charge is -2.14. The Morgan fingerprint density at radius 3 is 2.33 bits per heavy atom. The van der Waals surface area contributed by atoms with Gasteiger partial charge in [0.1, 0.15) is 0 Å². The van der Waals surface area contributed by atoms with Crippen molar-refractivity contribution in [1.82, 2.24) is 0 Å². The molecule has 0 aromatic heterocycles. The molecule has 4 rings (SSSR count). The van der Waals surface area contributed by atoms with E-state index >= 15 is 0 Å². The fourth-order valence-electron chi connectivity index (χ4n) is 4.26. The molecule has 126 valence electrons. The Kier molecular flexibility index (Phi) is 3.59. The van der Waals surface area contributed by atoms with Crippen molar-refractivity contribution in [2.24, 2.45) is 0 Å². The van der Waals surface area contributed by atoms with Crippen LogP contribution in [0.15, 0.2) is 30.3 Å². The van der Waals surface area contributed by atoms with E-state index in [9.17, 15) is 0 Å². The Morgan fingerprint density at radius 2 is 1.54 bits per heavy atom. The van der Waals surface area contributed by atoms with Gasteiger partial charge in [0.2, 0.25) is 0 Å². The van der Waals surface area contributed by atoms with Gasteiger partial charge in [0.25, 0.3) is 0 Å². The van der Waals surface area contributed by atoms with Gasteiger partial charge in [-0.15, -0.1) is 0 Å². The van der Waals surface area contributed by atoms with Crippen LogP contribution in [0.2, 0.25) is 0 Å². The number of hydrogen-bond donors (Lipinski definition) is 2. The molecule has 0 bridgehead atoms. The zero-order valence-electron chi connectivity index (χ0n) is 15.4. The van der Waals surface area contributed by atoms with E-state index in [4.69, 9.17) is 0 Å². The first-order valence-corrected chi connectivity index (χ1v) is 9.24. The quantitative estimate of drug-likeness (QED) is 0.772. The van der Waals surface area contributed by atoms with Crippen molar-refractivity contribution in [2.45, 2.75) is 65.0 Å². The maximum Gasteiger partial charge on any atom is 0.0414 e. The summed E-state index contributed by atoms with van der Waals surface area (Å²) in [6, 6.07) is 12.6. The molecule has 0 unspecified atom stereocenters. The summed E-state index contributed by atoms with van der Waals surface area (Å²) in [5, 5.41) is 7.36. The third kappa shape index (κ3) is 2.31. The van der Waals surface area contributed by atoms with Crippen LogP contribution in [0.25, 0.3) is 0 Å². The minimum Gasteiger partial charge on any atom is -0.382 e. The highest BCUT2D eigenvalue weighted by atomic mass is 15.0. The number of nitrogens with one attached hydrogen (secondary N) is 2. The first kappa shape index (κ1) is 15.6. The van der Waals surface area contributed by atoms with E-state index in [-0.39, 0.29) is 0 Å². The summed E-state index contributed by atoms with van der Waals surface area (Å²) in [5.74, 6) is 1.18. The van der Waals surface area contributed by atoms with Gasteiger partial charge in [0.15, 0.2) is 0 Å². The summed E-state index contributed by atoms with van der Waals surface area (Å²) in [6.45, 7) is 11.4. The topological polar surface area (TPSA) is 24.1 Å². The summed E-state index contributed by atoms with van der Waals surface area (Å²) >= 11 is 0. The average molecular weight is 320 g/mol.